The van der Waals surface area contributed by atoms with E-state index in [-0.39, 0.29) is 5.78 Å². The number of ether oxygens (including phenoxy) is 2. The molecular weight excluding hydrogens is 446 g/mol. The Morgan fingerprint density at radius 1 is 1.07 bits per heavy atom. The zero-order valence-corrected chi connectivity index (χ0v) is 18.0. The molecule has 0 unspecified atom stereocenters. The highest BCUT2D eigenvalue weighted by atomic mass is 79.9. The predicted molar refractivity (Wildman–Crippen MR) is 120 cm³/mol. The molecule has 1 fully saturated rings. The van der Waals surface area contributed by atoms with Crippen molar-refractivity contribution in [3.05, 3.63) is 88.3 Å². The molecule has 2 heterocycles. The average molecular weight is 468 g/mol. The fourth-order valence-corrected chi connectivity index (χ4v) is 3.56. The van der Waals surface area contributed by atoms with Gasteiger partial charge in [-0.2, -0.15) is 0 Å². The molecule has 0 spiro atoms. The van der Waals surface area contributed by atoms with E-state index in [1.54, 1.807) is 6.08 Å². The molecule has 5 nitrogen and oxygen atoms in total. The van der Waals surface area contributed by atoms with Crippen molar-refractivity contribution in [2.45, 2.75) is 6.61 Å². The SMILES string of the molecule is O=C(/C=C/c1ccc(COc2cccc(Br)c2)o1)c1ccc(N2CCOCC2)cc1. The maximum Gasteiger partial charge on any atom is 0.185 e. The average Bonchev–Trinajstić information content (AvgIpc) is 3.25. The summed E-state index contributed by atoms with van der Waals surface area (Å²) in [6, 6.07) is 19.0. The van der Waals surface area contributed by atoms with E-state index in [1.807, 2.05) is 60.7 Å². The number of rotatable bonds is 7. The van der Waals surface area contributed by atoms with E-state index in [9.17, 15) is 4.79 Å². The van der Waals surface area contributed by atoms with Crippen LogP contribution in [0.25, 0.3) is 6.08 Å². The van der Waals surface area contributed by atoms with Crippen LogP contribution < -0.4 is 9.64 Å². The highest BCUT2D eigenvalue weighted by molar-refractivity contribution is 9.10. The Kier molecular flexibility index (Phi) is 6.67. The Morgan fingerprint density at radius 3 is 2.63 bits per heavy atom. The fourth-order valence-electron chi connectivity index (χ4n) is 3.19. The van der Waals surface area contributed by atoms with Crippen LogP contribution in [0.2, 0.25) is 0 Å². The van der Waals surface area contributed by atoms with Crippen molar-refractivity contribution >= 4 is 33.5 Å². The van der Waals surface area contributed by atoms with Crippen LogP contribution in [0.3, 0.4) is 0 Å². The summed E-state index contributed by atoms with van der Waals surface area (Å²) in [5.41, 5.74) is 1.76. The molecule has 0 saturated carbocycles. The van der Waals surface area contributed by atoms with Gasteiger partial charge in [0.15, 0.2) is 5.78 Å². The number of halogens is 1. The number of anilines is 1. The lowest BCUT2D eigenvalue weighted by atomic mass is 10.1. The third-order valence-electron chi connectivity index (χ3n) is 4.79. The van der Waals surface area contributed by atoms with Gasteiger partial charge < -0.3 is 18.8 Å². The summed E-state index contributed by atoms with van der Waals surface area (Å²) in [6.07, 6.45) is 3.21. The van der Waals surface area contributed by atoms with Crippen LogP contribution in [0.15, 0.2) is 75.6 Å². The van der Waals surface area contributed by atoms with E-state index in [0.717, 1.165) is 42.2 Å². The fraction of sp³-hybridized carbons (Fsp3) is 0.208. The molecule has 6 heteroatoms. The van der Waals surface area contributed by atoms with Crippen molar-refractivity contribution in [2.75, 3.05) is 31.2 Å². The number of carbonyl (C=O) groups is 1. The Hall–Kier alpha value is -2.83. The molecule has 4 rings (SSSR count). The Balaban J connectivity index is 1.32. The molecule has 0 bridgehead atoms. The predicted octanol–water partition coefficient (Wildman–Crippen LogP) is 5.35. The summed E-state index contributed by atoms with van der Waals surface area (Å²) in [7, 11) is 0. The molecule has 30 heavy (non-hydrogen) atoms. The van der Waals surface area contributed by atoms with E-state index < -0.39 is 0 Å². The van der Waals surface area contributed by atoms with E-state index in [1.165, 1.54) is 6.08 Å². The summed E-state index contributed by atoms with van der Waals surface area (Å²) in [5.74, 6) is 2.00. The van der Waals surface area contributed by atoms with Crippen molar-refractivity contribution < 1.29 is 18.7 Å². The monoisotopic (exact) mass is 467 g/mol. The number of morpholine rings is 1. The molecule has 154 valence electrons. The number of hydrogen-bond acceptors (Lipinski definition) is 5. The zero-order chi connectivity index (χ0) is 20.8. The van der Waals surface area contributed by atoms with Gasteiger partial charge in [-0.15, -0.1) is 0 Å². The molecule has 0 aliphatic carbocycles. The molecule has 0 N–H and O–H groups in total. The van der Waals surface area contributed by atoms with Gasteiger partial charge in [0.1, 0.15) is 23.9 Å². The Bertz CT molecular complexity index is 1020. The Labute approximate surface area is 184 Å². The van der Waals surface area contributed by atoms with E-state index in [0.29, 0.717) is 23.7 Å². The number of allylic oxidation sites excluding steroid dienone is 1. The van der Waals surface area contributed by atoms with E-state index in [2.05, 4.69) is 20.8 Å². The van der Waals surface area contributed by atoms with Gasteiger partial charge in [0.2, 0.25) is 0 Å². The molecule has 1 aliphatic heterocycles. The minimum absolute atomic E-state index is 0.0631. The summed E-state index contributed by atoms with van der Waals surface area (Å²) >= 11 is 3.42. The van der Waals surface area contributed by atoms with E-state index in [4.69, 9.17) is 13.9 Å². The number of ketones is 1. The van der Waals surface area contributed by atoms with Gasteiger partial charge in [-0.25, -0.2) is 0 Å². The maximum absolute atomic E-state index is 12.5. The van der Waals surface area contributed by atoms with Gasteiger partial charge in [-0.05, 0) is 66.7 Å². The molecular formula is C24H22BrNO4. The van der Waals surface area contributed by atoms with Gasteiger partial charge >= 0.3 is 0 Å². The molecule has 3 aromatic rings. The highest BCUT2D eigenvalue weighted by Gasteiger charge is 2.11. The number of furan rings is 1. The van der Waals surface area contributed by atoms with Crippen LogP contribution in [-0.4, -0.2) is 32.1 Å². The van der Waals surface area contributed by atoms with Crippen molar-refractivity contribution in [3.63, 3.8) is 0 Å². The normalized spacial score (nSPS) is 14.2. The van der Waals surface area contributed by atoms with Crippen molar-refractivity contribution in [2.24, 2.45) is 0 Å². The second kappa shape index (κ2) is 9.78. The summed E-state index contributed by atoms with van der Waals surface area (Å²) in [5, 5.41) is 0. The minimum Gasteiger partial charge on any atom is -0.486 e. The van der Waals surface area contributed by atoms with Gasteiger partial charge in [0.05, 0.1) is 13.2 Å². The summed E-state index contributed by atoms with van der Waals surface area (Å²) in [4.78, 5) is 14.7. The molecule has 0 radical (unpaired) electrons. The molecule has 0 atom stereocenters. The van der Waals surface area contributed by atoms with Gasteiger partial charge in [-0.3, -0.25) is 4.79 Å². The van der Waals surface area contributed by atoms with Gasteiger partial charge in [0.25, 0.3) is 0 Å². The van der Waals surface area contributed by atoms with Crippen molar-refractivity contribution in [1.82, 2.24) is 0 Å². The highest BCUT2D eigenvalue weighted by Crippen LogP contribution is 2.20. The first-order valence-electron chi connectivity index (χ1n) is 9.80. The summed E-state index contributed by atoms with van der Waals surface area (Å²) < 4.78 is 17.8. The van der Waals surface area contributed by atoms with Crippen LogP contribution in [0.1, 0.15) is 21.9 Å². The lowest BCUT2D eigenvalue weighted by Crippen LogP contribution is -2.36. The quantitative estimate of drug-likeness (QED) is 0.346. The molecule has 1 saturated heterocycles. The first kappa shape index (κ1) is 20.4. The minimum atomic E-state index is -0.0631. The number of carbonyl (C=O) groups excluding carboxylic acids is 1. The smallest absolute Gasteiger partial charge is 0.185 e. The van der Waals surface area contributed by atoms with Crippen molar-refractivity contribution in [1.29, 1.82) is 0 Å². The lowest BCUT2D eigenvalue weighted by molar-refractivity contribution is 0.104. The van der Waals surface area contributed by atoms with Gasteiger partial charge in [0, 0.05) is 28.8 Å². The first-order chi connectivity index (χ1) is 14.7. The molecule has 0 amide bonds. The number of nitrogens with zero attached hydrogens (tertiary/aromatic N) is 1. The van der Waals surface area contributed by atoms with Crippen LogP contribution in [0, 0.1) is 0 Å². The number of hydrogen-bond donors (Lipinski definition) is 0. The first-order valence-corrected chi connectivity index (χ1v) is 10.6. The molecule has 2 aromatic carbocycles. The Morgan fingerprint density at radius 2 is 1.87 bits per heavy atom. The zero-order valence-electron chi connectivity index (χ0n) is 16.4. The van der Waals surface area contributed by atoms with Crippen LogP contribution in [-0.2, 0) is 11.3 Å². The topological polar surface area (TPSA) is 51.9 Å². The second-order valence-corrected chi connectivity index (χ2v) is 7.81. The summed E-state index contributed by atoms with van der Waals surface area (Å²) in [6.45, 7) is 3.55. The van der Waals surface area contributed by atoms with Crippen molar-refractivity contribution in [3.8, 4) is 5.75 Å². The van der Waals surface area contributed by atoms with Gasteiger partial charge in [-0.1, -0.05) is 22.0 Å². The molecule has 1 aromatic heterocycles. The van der Waals surface area contributed by atoms with Crippen LogP contribution in [0.4, 0.5) is 5.69 Å². The standard InChI is InChI=1S/C24H22BrNO4/c25-19-2-1-3-22(16-19)29-17-23-9-8-21(30-23)10-11-24(27)18-4-6-20(7-5-18)26-12-14-28-15-13-26/h1-11,16H,12-15,17H2/b11-10+. The maximum atomic E-state index is 12.5. The van der Waals surface area contributed by atoms with Crippen LogP contribution >= 0.6 is 15.9 Å². The lowest BCUT2D eigenvalue weighted by Gasteiger charge is -2.28. The third kappa shape index (κ3) is 5.40. The third-order valence-corrected chi connectivity index (χ3v) is 5.28. The largest absolute Gasteiger partial charge is 0.486 e. The van der Waals surface area contributed by atoms with Crippen LogP contribution in [0.5, 0.6) is 5.75 Å². The van der Waals surface area contributed by atoms with E-state index >= 15 is 0 Å². The molecule has 1 aliphatic rings. The number of benzene rings is 2. The second-order valence-electron chi connectivity index (χ2n) is 6.89.